The normalized spacial score (nSPS) is 11.3. The third-order valence-corrected chi connectivity index (χ3v) is 2.90. The van der Waals surface area contributed by atoms with Crippen molar-refractivity contribution in [3.05, 3.63) is 11.4 Å². The van der Waals surface area contributed by atoms with E-state index in [1.54, 1.807) is 0 Å². The summed E-state index contributed by atoms with van der Waals surface area (Å²) in [4.78, 5) is 0. The minimum Gasteiger partial charge on any atom is -0.396 e. The first-order valence-corrected chi connectivity index (χ1v) is 5.92. The molecule has 0 unspecified atom stereocenters. The molecule has 0 aliphatic heterocycles. The molecule has 0 spiro atoms. The highest BCUT2D eigenvalue weighted by molar-refractivity contribution is 5.14. The Balaban J connectivity index is 2.94. The Morgan fingerprint density at radius 2 is 1.94 bits per heavy atom. The minimum atomic E-state index is -0.0645. The largest absolute Gasteiger partial charge is 0.396 e. The van der Waals surface area contributed by atoms with Gasteiger partial charge in [0.25, 0.3) is 0 Å². The predicted molar refractivity (Wildman–Crippen MR) is 61.0 cm³/mol. The summed E-state index contributed by atoms with van der Waals surface area (Å²) in [7, 11) is 0. The second kappa shape index (κ2) is 6.60. The van der Waals surface area contributed by atoms with E-state index in [-0.39, 0.29) is 13.2 Å². The number of rotatable bonds is 7. The molecule has 1 aromatic rings. The maximum atomic E-state index is 9.23. The molecule has 1 rings (SSSR count). The molecule has 0 aliphatic rings. The summed E-state index contributed by atoms with van der Waals surface area (Å²) in [5, 5.41) is 26.1. The van der Waals surface area contributed by atoms with Crippen molar-refractivity contribution in [3.8, 4) is 0 Å². The summed E-state index contributed by atoms with van der Waals surface area (Å²) in [6.45, 7) is 4.99. The number of aryl methyl sites for hydroxylation is 1. The SMILES string of the molecule is CCC(CC)c1c(CO)nnn1CCCO. The Labute approximate surface area is 96.1 Å². The van der Waals surface area contributed by atoms with E-state index in [1.165, 1.54) is 0 Å². The van der Waals surface area contributed by atoms with Crippen LogP contribution in [0.5, 0.6) is 0 Å². The van der Waals surface area contributed by atoms with E-state index in [4.69, 9.17) is 5.11 Å². The van der Waals surface area contributed by atoms with Crippen molar-refractivity contribution in [3.63, 3.8) is 0 Å². The number of hydrogen-bond donors (Lipinski definition) is 2. The summed E-state index contributed by atoms with van der Waals surface area (Å²) < 4.78 is 1.82. The van der Waals surface area contributed by atoms with Crippen LogP contribution < -0.4 is 0 Å². The Morgan fingerprint density at radius 1 is 1.25 bits per heavy atom. The summed E-state index contributed by atoms with van der Waals surface area (Å²) in [6.07, 6.45) is 2.69. The quantitative estimate of drug-likeness (QED) is 0.730. The summed E-state index contributed by atoms with van der Waals surface area (Å²) in [6, 6.07) is 0. The van der Waals surface area contributed by atoms with E-state index in [0.29, 0.717) is 24.6 Å². The van der Waals surface area contributed by atoms with Crippen LogP contribution in [-0.4, -0.2) is 31.8 Å². The molecule has 0 aromatic carbocycles. The molecule has 0 atom stereocenters. The Hall–Kier alpha value is -0.940. The van der Waals surface area contributed by atoms with Crippen LogP contribution >= 0.6 is 0 Å². The lowest BCUT2D eigenvalue weighted by Crippen LogP contribution is -2.11. The highest BCUT2D eigenvalue weighted by Gasteiger charge is 2.19. The molecule has 92 valence electrons. The number of aliphatic hydroxyl groups is 2. The van der Waals surface area contributed by atoms with Crippen molar-refractivity contribution in [1.82, 2.24) is 15.0 Å². The van der Waals surface area contributed by atoms with E-state index in [0.717, 1.165) is 18.5 Å². The van der Waals surface area contributed by atoms with Crippen LogP contribution in [0.1, 0.15) is 50.4 Å². The van der Waals surface area contributed by atoms with Crippen molar-refractivity contribution in [2.24, 2.45) is 0 Å². The molecule has 2 N–H and O–H groups in total. The summed E-state index contributed by atoms with van der Waals surface area (Å²) >= 11 is 0. The van der Waals surface area contributed by atoms with E-state index < -0.39 is 0 Å². The van der Waals surface area contributed by atoms with Gasteiger partial charge in [-0.2, -0.15) is 0 Å². The molecular weight excluding hydrogens is 206 g/mol. The topological polar surface area (TPSA) is 71.2 Å². The fraction of sp³-hybridized carbons (Fsp3) is 0.818. The first kappa shape index (κ1) is 13.1. The minimum absolute atomic E-state index is 0.0645. The lowest BCUT2D eigenvalue weighted by molar-refractivity contribution is 0.271. The van der Waals surface area contributed by atoms with Gasteiger partial charge in [-0.15, -0.1) is 5.10 Å². The van der Waals surface area contributed by atoms with Gasteiger partial charge >= 0.3 is 0 Å². The van der Waals surface area contributed by atoms with Crippen LogP contribution in [0.2, 0.25) is 0 Å². The van der Waals surface area contributed by atoms with E-state index >= 15 is 0 Å². The molecule has 1 aromatic heterocycles. The molecule has 0 saturated heterocycles. The highest BCUT2D eigenvalue weighted by Crippen LogP contribution is 2.25. The van der Waals surface area contributed by atoms with Crippen molar-refractivity contribution < 1.29 is 10.2 Å². The molecule has 0 radical (unpaired) electrons. The van der Waals surface area contributed by atoms with Crippen molar-refractivity contribution in [2.75, 3.05) is 6.61 Å². The summed E-state index contributed by atoms with van der Waals surface area (Å²) in [5.41, 5.74) is 1.70. The number of aromatic nitrogens is 3. The first-order chi connectivity index (χ1) is 7.78. The standard InChI is InChI=1S/C11H21N3O2/c1-3-9(4-2)11-10(8-16)12-13-14(11)6-5-7-15/h9,15-16H,3-8H2,1-2H3. The molecule has 0 saturated carbocycles. The van der Waals surface area contributed by atoms with E-state index in [2.05, 4.69) is 24.2 Å². The van der Waals surface area contributed by atoms with Gasteiger partial charge in [-0.25, -0.2) is 4.68 Å². The smallest absolute Gasteiger partial charge is 0.112 e. The zero-order chi connectivity index (χ0) is 12.0. The van der Waals surface area contributed by atoms with Crippen molar-refractivity contribution >= 4 is 0 Å². The maximum Gasteiger partial charge on any atom is 0.112 e. The van der Waals surface area contributed by atoms with Crippen LogP contribution in [0.4, 0.5) is 0 Å². The second-order valence-corrected chi connectivity index (χ2v) is 3.89. The van der Waals surface area contributed by atoms with Gasteiger partial charge in [-0.05, 0) is 19.3 Å². The van der Waals surface area contributed by atoms with Gasteiger partial charge in [0.05, 0.1) is 12.3 Å². The van der Waals surface area contributed by atoms with Gasteiger partial charge < -0.3 is 10.2 Å². The molecular formula is C11H21N3O2. The van der Waals surface area contributed by atoms with Gasteiger partial charge in [0, 0.05) is 19.1 Å². The molecule has 0 aliphatic carbocycles. The highest BCUT2D eigenvalue weighted by atomic mass is 16.3. The Bertz CT molecular complexity index is 308. The average molecular weight is 227 g/mol. The molecule has 5 nitrogen and oxygen atoms in total. The number of hydrogen-bond acceptors (Lipinski definition) is 4. The monoisotopic (exact) mass is 227 g/mol. The third kappa shape index (κ3) is 2.80. The molecule has 16 heavy (non-hydrogen) atoms. The number of aliphatic hydroxyl groups excluding tert-OH is 2. The van der Waals surface area contributed by atoms with Crippen LogP contribution in [0.25, 0.3) is 0 Å². The van der Waals surface area contributed by atoms with Gasteiger partial charge in [-0.1, -0.05) is 19.1 Å². The molecule has 0 fully saturated rings. The zero-order valence-electron chi connectivity index (χ0n) is 10.1. The van der Waals surface area contributed by atoms with Crippen molar-refractivity contribution in [2.45, 2.75) is 52.2 Å². The van der Waals surface area contributed by atoms with Gasteiger partial charge in [0.1, 0.15) is 5.69 Å². The zero-order valence-corrected chi connectivity index (χ0v) is 10.1. The first-order valence-electron chi connectivity index (χ1n) is 5.92. The number of nitrogens with zero attached hydrogens (tertiary/aromatic N) is 3. The average Bonchev–Trinajstić information content (AvgIpc) is 2.71. The van der Waals surface area contributed by atoms with Crippen LogP contribution in [0.3, 0.4) is 0 Å². The predicted octanol–water partition coefficient (Wildman–Crippen LogP) is 1.06. The van der Waals surface area contributed by atoms with Crippen LogP contribution in [-0.2, 0) is 13.2 Å². The fourth-order valence-corrected chi connectivity index (χ4v) is 1.98. The fourth-order valence-electron chi connectivity index (χ4n) is 1.98. The lowest BCUT2D eigenvalue weighted by Gasteiger charge is -2.15. The maximum absolute atomic E-state index is 9.23. The van der Waals surface area contributed by atoms with Gasteiger partial charge in [-0.3, -0.25) is 0 Å². The molecule has 0 bridgehead atoms. The summed E-state index contributed by atoms with van der Waals surface area (Å²) in [5.74, 6) is 0.385. The van der Waals surface area contributed by atoms with Gasteiger partial charge in [0.2, 0.25) is 0 Å². The van der Waals surface area contributed by atoms with E-state index in [9.17, 15) is 5.11 Å². The van der Waals surface area contributed by atoms with E-state index in [1.807, 2.05) is 4.68 Å². The Morgan fingerprint density at radius 3 is 2.44 bits per heavy atom. The van der Waals surface area contributed by atoms with Crippen molar-refractivity contribution in [1.29, 1.82) is 0 Å². The Kier molecular flexibility index (Phi) is 5.42. The second-order valence-electron chi connectivity index (χ2n) is 3.89. The van der Waals surface area contributed by atoms with Gasteiger partial charge in [0.15, 0.2) is 0 Å². The lowest BCUT2D eigenvalue weighted by atomic mass is 9.97. The molecule has 1 heterocycles. The van der Waals surface area contributed by atoms with Crippen LogP contribution in [0.15, 0.2) is 0 Å². The third-order valence-electron chi connectivity index (χ3n) is 2.90. The van der Waals surface area contributed by atoms with Crippen LogP contribution in [0, 0.1) is 0 Å². The molecule has 5 heteroatoms. The molecule has 0 amide bonds.